The van der Waals surface area contributed by atoms with Gasteiger partial charge in [0.2, 0.25) is 0 Å². The minimum Gasteiger partial charge on any atom is -0.345 e. The lowest BCUT2D eigenvalue weighted by Crippen LogP contribution is -2.28. The van der Waals surface area contributed by atoms with Crippen molar-refractivity contribution in [3.8, 4) is 0 Å². The van der Waals surface area contributed by atoms with Gasteiger partial charge in [0.15, 0.2) is 0 Å². The van der Waals surface area contributed by atoms with Gasteiger partial charge in [0, 0.05) is 5.56 Å². The van der Waals surface area contributed by atoms with Crippen molar-refractivity contribution in [1.29, 1.82) is 0 Å². The maximum atomic E-state index is 12.8. The standard InChI is InChI=1S/C23H26N4O3/c1-4-22(19-10-8-18(9-11-19)16(2)3)25-23(28)20-7-5-6-17(12-20)14-26-15-21(13-24-26)27(29)30/h5-13,15-16,22H,4,14H2,1-3H3,(H,25,28)/t22-/m1/s1. The van der Waals surface area contributed by atoms with Crippen LogP contribution in [-0.4, -0.2) is 20.6 Å². The van der Waals surface area contributed by atoms with Crippen LogP contribution in [0.1, 0.15) is 66.2 Å². The van der Waals surface area contributed by atoms with Crippen LogP contribution in [0.5, 0.6) is 0 Å². The summed E-state index contributed by atoms with van der Waals surface area (Å²) < 4.78 is 1.49. The topological polar surface area (TPSA) is 90.1 Å². The molecule has 1 atom stereocenters. The summed E-state index contributed by atoms with van der Waals surface area (Å²) in [6.45, 7) is 6.70. The fraction of sp³-hybridized carbons (Fsp3) is 0.304. The molecule has 0 bridgehead atoms. The van der Waals surface area contributed by atoms with Gasteiger partial charge >= 0.3 is 5.69 Å². The molecule has 2 aromatic carbocycles. The zero-order valence-electron chi connectivity index (χ0n) is 17.4. The first-order chi connectivity index (χ1) is 14.4. The molecule has 0 unspecified atom stereocenters. The molecule has 0 spiro atoms. The number of carbonyl (C=O) groups excluding carboxylic acids is 1. The largest absolute Gasteiger partial charge is 0.345 e. The van der Waals surface area contributed by atoms with E-state index in [0.29, 0.717) is 18.0 Å². The molecule has 156 valence electrons. The van der Waals surface area contributed by atoms with Crippen LogP contribution in [0, 0.1) is 10.1 Å². The van der Waals surface area contributed by atoms with Crippen molar-refractivity contribution < 1.29 is 9.72 Å². The maximum absolute atomic E-state index is 12.8. The number of nitrogens with zero attached hydrogens (tertiary/aromatic N) is 3. The predicted octanol–water partition coefficient (Wildman–Crippen LogP) is 4.84. The van der Waals surface area contributed by atoms with Gasteiger partial charge in [0.25, 0.3) is 5.91 Å². The van der Waals surface area contributed by atoms with Crippen LogP contribution in [0.15, 0.2) is 60.9 Å². The van der Waals surface area contributed by atoms with Crippen LogP contribution in [0.2, 0.25) is 0 Å². The van der Waals surface area contributed by atoms with Crippen molar-refractivity contribution in [2.45, 2.75) is 45.7 Å². The summed E-state index contributed by atoms with van der Waals surface area (Å²) in [5.41, 5.74) is 3.68. The molecule has 1 aromatic heterocycles. The van der Waals surface area contributed by atoms with E-state index < -0.39 is 4.92 Å². The molecule has 0 saturated heterocycles. The number of rotatable bonds is 8. The smallest absolute Gasteiger partial charge is 0.307 e. The van der Waals surface area contributed by atoms with E-state index in [1.807, 2.05) is 13.0 Å². The molecule has 3 rings (SSSR count). The summed E-state index contributed by atoms with van der Waals surface area (Å²) in [6, 6.07) is 15.5. The molecule has 30 heavy (non-hydrogen) atoms. The van der Waals surface area contributed by atoms with Crippen LogP contribution < -0.4 is 5.32 Å². The molecule has 7 heteroatoms. The summed E-state index contributed by atoms with van der Waals surface area (Å²) in [6.07, 6.45) is 3.37. The molecule has 0 radical (unpaired) electrons. The highest BCUT2D eigenvalue weighted by Gasteiger charge is 2.15. The van der Waals surface area contributed by atoms with E-state index in [2.05, 4.69) is 48.5 Å². The zero-order valence-corrected chi connectivity index (χ0v) is 17.4. The van der Waals surface area contributed by atoms with E-state index >= 15 is 0 Å². The molecule has 0 aliphatic carbocycles. The van der Waals surface area contributed by atoms with Crippen molar-refractivity contribution in [2.75, 3.05) is 0 Å². The summed E-state index contributed by atoms with van der Waals surface area (Å²) >= 11 is 0. The maximum Gasteiger partial charge on any atom is 0.307 e. The molecule has 3 aromatic rings. The van der Waals surface area contributed by atoms with Crippen molar-refractivity contribution in [3.05, 3.63) is 93.3 Å². The van der Waals surface area contributed by atoms with E-state index in [0.717, 1.165) is 17.5 Å². The number of carbonyl (C=O) groups is 1. The average molecular weight is 406 g/mol. The summed E-state index contributed by atoms with van der Waals surface area (Å²) in [5, 5.41) is 17.9. The lowest BCUT2D eigenvalue weighted by molar-refractivity contribution is -0.385. The lowest BCUT2D eigenvalue weighted by atomic mass is 9.98. The third-order valence-electron chi connectivity index (χ3n) is 5.08. The van der Waals surface area contributed by atoms with Gasteiger partial charge < -0.3 is 5.32 Å². The summed E-state index contributed by atoms with van der Waals surface area (Å²) in [7, 11) is 0. The van der Waals surface area contributed by atoms with Crippen molar-refractivity contribution in [3.63, 3.8) is 0 Å². The number of hydrogen-bond donors (Lipinski definition) is 1. The molecular weight excluding hydrogens is 380 g/mol. The monoisotopic (exact) mass is 406 g/mol. The van der Waals surface area contributed by atoms with Gasteiger partial charge in [-0.1, -0.05) is 57.2 Å². The second-order valence-corrected chi connectivity index (χ2v) is 7.61. The number of amides is 1. The van der Waals surface area contributed by atoms with E-state index in [1.54, 1.807) is 18.2 Å². The number of nitrogens with one attached hydrogen (secondary N) is 1. The lowest BCUT2D eigenvalue weighted by Gasteiger charge is -2.19. The van der Waals surface area contributed by atoms with E-state index in [-0.39, 0.29) is 17.6 Å². The highest BCUT2D eigenvalue weighted by atomic mass is 16.6. The molecule has 0 aliphatic rings. The van der Waals surface area contributed by atoms with Crippen LogP contribution in [-0.2, 0) is 6.54 Å². The third-order valence-corrected chi connectivity index (χ3v) is 5.08. The van der Waals surface area contributed by atoms with E-state index in [4.69, 9.17) is 0 Å². The fourth-order valence-corrected chi connectivity index (χ4v) is 3.31. The van der Waals surface area contributed by atoms with E-state index in [1.165, 1.54) is 22.6 Å². The van der Waals surface area contributed by atoms with Crippen LogP contribution >= 0.6 is 0 Å². The minimum atomic E-state index is -0.480. The van der Waals surface area contributed by atoms with Crippen LogP contribution in [0.25, 0.3) is 0 Å². The zero-order chi connectivity index (χ0) is 21.7. The molecule has 1 heterocycles. The third kappa shape index (κ3) is 5.11. The van der Waals surface area contributed by atoms with Gasteiger partial charge in [0.1, 0.15) is 12.4 Å². The molecule has 1 amide bonds. The Bertz CT molecular complexity index is 1020. The van der Waals surface area contributed by atoms with Crippen molar-refractivity contribution in [1.82, 2.24) is 15.1 Å². The number of nitro groups is 1. The average Bonchev–Trinajstić information content (AvgIpc) is 3.21. The number of benzene rings is 2. The Morgan fingerprint density at radius 2 is 1.87 bits per heavy atom. The normalized spacial score (nSPS) is 12.0. The SMILES string of the molecule is CC[C@@H](NC(=O)c1cccc(Cn2cc([N+](=O)[O-])cn2)c1)c1ccc(C(C)C)cc1. The fourth-order valence-electron chi connectivity index (χ4n) is 3.31. The molecule has 1 N–H and O–H groups in total. The Kier molecular flexibility index (Phi) is 6.61. The molecule has 7 nitrogen and oxygen atoms in total. The van der Waals surface area contributed by atoms with Gasteiger partial charge in [-0.15, -0.1) is 0 Å². The highest BCUT2D eigenvalue weighted by Crippen LogP contribution is 2.21. The first kappa shape index (κ1) is 21.2. The van der Waals surface area contributed by atoms with Gasteiger partial charge in [0.05, 0.1) is 17.5 Å². The highest BCUT2D eigenvalue weighted by molar-refractivity contribution is 5.94. The summed E-state index contributed by atoms with van der Waals surface area (Å²) in [4.78, 5) is 23.2. The Morgan fingerprint density at radius 1 is 1.17 bits per heavy atom. The molecular formula is C23H26N4O3. The molecule has 0 aliphatic heterocycles. The summed E-state index contributed by atoms with van der Waals surface area (Å²) in [5.74, 6) is 0.316. The first-order valence-electron chi connectivity index (χ1n) is 10.0. The number of hydrogen-bond acceptors (Lipinski definition) is 4. The van der Waals surface area contributed by atoms with E-state index in [9.17, 15) is 14.9 Å². The van der Waals surface area contributed by atoms with Gasteiger partial charge in [-0.05, 0) is 41.2 Å². The molecule has 0 saturated carbocycles. The number of aromatic nitrogens is 2. The Labute approximate surface area is 175 Å². The van der Waals surface area contributed by atoms with Gasteiger partial charge in [-0.2, -0.15) is 5.10 Å². The minimum absolute atomic E-state index is 0.0572. The first-order valence-corrected chi connectivity index (χ1v) is 10.0. The predicted molar refractivity (Wildman–Crippen MR) is 115 cm³/mol. The Hall–Kier alpha value is -3.48. The van der Waals surface area contributed by atoms with Crippen molar-refractivity contribution in [2.24, 2.45) is 0 Å². The van der Waals surface area contributed by atoms with Crippen LogP contribution in [0.3, 0.4) is 0 Å². The Balaban J connectivity index is 1.70. The quantitative estimate of drug-likeness (QED) is 0.428. The Morgan fingerprint density at radius 3 is 2.47 bits per heavy atom. The van der Waals surface area contributed by atoms with Gasteiger partial charge in [-0.3, -0.25) is 19.6 Å². The molecule has 0 fully saturated rings. The van der Waals surface area contributed by atoms with Gasteiger partial charge in [-0.25, -0.2) is 0 Å². The van der Waals surface area contributed by atoms with Crippen molar-refractivity contribution >= 4 is 11.6 Å². The van der Waals surface area contributed by atoms with Crippen LogP contribution in [0.4, 0.5) is 5.69 Å². The second-order valence-electron chi connectivity index (χ2n) is 7.61. The second kappa shape index (κ2) is 9.35.